The van der Waals surface area contributed by atoms with Crippen molar-refractivity contribution in [2.75, 3.05) is 4.90 Å². The Labute approximate surface area is 149 Å². The lowest BCUT2D eigenvalue weighted by Crippen LogP contribution is -2.29. The topological polar surface area (TPSA) is 51.0 Å². The molecule has 0 saturated carbocycles. The Morgan fingerprint density at radius 1 is 0.962 bits per heavy atom. The maximum Gasteiger partial charge on any atom is 0.251 e. The zero-order chi connectivity index (χ0) is 17.9. The molecule has 128 valence electrons. The van der Waals surface area contributed by atoms with Crippen LogP contribution in [0.2, 0.25) is 0 Å². The maximum atomic E-state index is 13.7. The molecule has 0 unspecified atom stereocenters. The van der Waals surface area contributed by atoms with Crippen molar-refractivity contribution >= 4 is 28.4 Å². The number of halogens is 1. The molecule has 26 heavy (non-hydrogen) atoms. The fraction of sp³-hybridized carbons (Fsp3) is 0.0500. The van der Waals surface area contributed by atoms with E-state index in [4.69, 9.17) is 0 Å². The van der Waals surface area contributed by atoms with Crippen LogP contribution >= 0.6 is 0 Å². The molecule has 0 aliphatic carbocycles. The van der Waals surface area contributed by atoms with Crippen molar-refractivity contribution in [1.82, 2.24) is 14.5 Å². The Morgan fingerprint density at radius 3 is 2.58 bits per heavy atom. The van der Waals surface area contributed by atoms with E-state index in [-0.39, 0.29) is 12.5 Å². The maximum absolute atomic E-state index is 13.7. The number of anilines is 2. The second-order valence-electron chi connectivity index (χ2n) is 5.76. The summed E-state index contributed by atoms with van der Waals surface area (Å²) in [5.41, 5.74) is 2.49. The number of carbonyl (C=O) groups is 1. The van der Waals surface area contributed by atoms with E-state index >= 15 is 0 Å². The first-order valence-electron chi connectivity index (χ1n) is 8.12. The molecule has 0 fully saturated rings. The average molecular weight is 346 g/mol. The van der Waals surface area contributed by atoms with E-state index < -0.39 is 5.82 Å². The number of fused-ring (bicyclic) bond motifs is 1. The predicted octanol–water partition coefficient (Wildman–Crippen LogP) is 3.94. The van der Waals surface area contributed by atoms with Gasteiger partial charge >= 0.3 is 0 Å². The van der Waals surface area contributed by atoms with Crippen LogP contribution in [-0.2, 0) is 11.3 Å². The molecule has 0 atom stereocenters. The molecule has 4 aromatic rings. The van der Waals surface area contributed by atoms with Crippen molar-refractivity contribution in [3.8, 4) is 0 Å². The molecule has 0 bridgehead atoms. The summed E-state index contributed by atoms with van der Waals surface area (Å²) in [7, 11) is 0. The van der Waals surface area contributed by atoms with Gasteiger partial charge in [-0.2, -0.15) is 0 Å². The molecule has 4 rings (SSSR count). The number of amides is 1. The van der Waals surface area contributed by atoms with Gasteiger partial charge < -0.3 is 4.57 Å². The number of para-hydroxylation sites is 1. The van der Waals surface area contributed by atoms with Gasteiger partial charge in [-0.25, -0.2) is 14.4 Å². The molecule has 0 radical (unpaired) electrons. The number of aromatic nitrogens is 3. The van der Waals surface area contributed by atoms with Crippen LogP contribution in [0.1, 0.15) is 0 Å². The standard InChI is InChI=1S/C20H15FN4O/c21-15-6-4-9-17(12-15)25(16-7-2-1-3-8-16)19(26)13-24-14-23-18-10-5-11-22-20(18)24/h1-12,14H,13H2. The fourth-order valence-corrected chi connectivity index (χ4v) is 2.86. The van der Waals surface area contributed by atoms with Gasteiger partial charge in [-0.05, 0) is 42.5 Å². The smallest absolute Gasteiger partial charge is 0.251 e. The summed E-state index contributed by atoms with van der Waals surface area (Å²) in [5.74, 6) is -0.613. The highest BCUT2D eigenvalue weighted by Gasteiger charge is 2.19. The van der Waals surface area contributed by atoms with Gasteiger partial charge in [0.15, 0.2) is 5.65 Å². The average Bonchev–Trinajstić information content (AvgIpc) is 3.06. The third-order valence-electron chi connectivity index (χ3n) is 4.01. The number of nitrogens with zero attached hydrogens (tertiary/aromatic N) is 4. The second-order valence-corrected chi connectivity index (χ2v) is 5.76. The largest absolute Gasteiger partial charge is 0.306 e. The van der Waals surface area contributed by atoms with Crippen LogP contribution in [0.25, 0.3) is 11.2 Å². The molecule has 5 nitrogen and oxygen atoms in total. The minimum atomic E-state index is -0.397. The van der Waals surface area contributed by atoms with Crippen molar-refractivity contribution < 1.29 is 9.18 Å². The van der Waals surface area contributed by atoms with E-state index in [2.05, 4.69) is 9.97 Å². The van der Waals surface area contributed by atoms with Crippen LogP contribution < -0.4 is 4.90 Å². The molecule has 0 aliphatic rings. The van der Waals surface area contributed by atoms with Crippen LogP contribution in [0.4, 0.5) is 15.8 Å². The highest BCUT2D eigenvalue weighted by Crippen LogP contribution is 2.26. The van der Waals surface area contributed by atoms with E-state index in [1.54, 1.807) is 35.3 Å². The van der Waals surface area contributed by atoms with Crippen LogP contribution in [0.3, 0.4) is 0 Å². The Bertz CT molecular complexity index is 1060. The Hall–Kier alpha value is -3.54. The van der Waals surface area contributed by atoms with Gasteiger partial charge in [0.25, 0.3) is 5.91 Å². The lowest BCUT2D eigenvalue weighted by atomic mass is 10.2. The van der Waals surface area contributed by atoms with Gasteiger partial charge in [0.2, 0.25) is 0 Å². The minimum absolute atomic E-state index is 0.0406. The Balaban J connectivity index is 1.73. The summed E-state index contributed by atoms with van der Waals surface area (Å²) in [4.78, 5) is 23.1. The van der Waals surface area contributed by atoms with E-state index in [0.29, 0.717) is 17.0 Å². The van der Waals surface area contributed by atoms with Crippen molar-refractivity contribution in [2.24, 2.45) is 0 Å². The number of carbonyl (C=O) groups excluding carboxylic acids is 1. The summed E-state index contributed by atoms with van der Waals surface area (Å²) in [6.07, 6.45) is 3.25. The van der Waals surface area contributed by atoms with Crippen LogP contribution in [-0.4, -0.2) is 20.4 Å². The van der Waals surface area contributed by atoms with Crippen molar-refractivity contribution in [3.63, 3.8) is 0 Å². The lowest BCUT2D eigenvalue weighted by Gasteiger charge is -2.23. The molecule has 0 spiro atoms. The third-order valence-corrected chi connectivity index (χ3v) is 4.01. The van der Waals surface area contributed by atoms with Gasteiger partial charge in [0.1, 0.15) is 17.9 Å². The number of hydrogen-bond donors (Lipinski definition) is 0. The summed E-state index contributed by atoms with van der Waals surface area (Å²) in [6, 6.07) is 18.8. The van der Waals surface area contributed by atoms with Crippen molar-refractivity contribution in [1.29, 1.82) is 0 Å². The van der Waals surface area contributed by atoms with Gasteiger partial charge in [-0.15, -0.1) is 0 Å². The van der Waals surface area contributed by atoms with Crippen LogP contribution in [0.5, 0.6) is 0 Å². The molecule has 2 aromatic heterocycles. The Kier molecular flexibility index (Phi) is 4.15. The summed E-state index contributed by atoms with van der Waals surface area (Å²) >= 11 is 0. The summed E-state index contributed by atoms with van der Waals surface area (Å²) in [6.45, 7) is 0.0406. The number of hydrogen-bond acceptors (Lipinski definition) is 3. The quantitative estimate of drug-likeness (QED) is 0.562. The lowest BCUT2D eigenvalue weighted by molar-refractivity contribution is -0.118. The monoisotopic (exact) mass is 346 g/mol. The van der Waals surface area contributed by atoms with Gasteiger partial charge in [-0.1, -0.05) is 24.3 Å². The molecule has 0 aliphatic heterocycles. The molecular weight excluding hydrogens is 331 g/mol. The first-order chi connectivity index (χ1) is 12.7. The van der Waals surface area contributed by atoms with Gasteiger partial charge in [-0.3, -0.25) is 9.69 Å². The van der Waals surface area contributed by atoms with Crippen molar-refractivity contribution in [2.45, 2.75) is 6.54 Å². The number of rotatable bonds is 4. The van der Waals surface area contributed by atoms with E-state index in [1.807, 2.05) is 36.4 Å². The van der Waals surface area contributed by atoms with Crippen LogP contribution in [0.15, 0.2) is 79.3 Å². The molecule has 1 amide bonds. The highest BCUT2D eigenvalue weighted by molar-refractivity contribution is 6.00. The third kappa shape index (κ3) is 3.04. The first kappa shape index (κ1) is 16.0. The van der Waals surface area contributed by atoms with E-state index in [1.165, 1.54) is 17.0 Å². The fourth-order valence-electron chi connectivity index (χ4n) is 2.86. The molecular formula is C20H15FN4O. The second kappa shape index (κ2) is 6.76. The molecule has 6 heteroatoms. The molecule has 0 saturated heterocycles. The van der Waals surface area contributed by atoms with Gasteiger partial charge in [0.05, 0.1) is 12.0 Å². The van der Waals surface area contributed by atoms with E-state index in [0.717, 1.165) is 5.52 Å². The van der Waals surface area contributed by atoms with Crippen molar-refractivity contribution in [3.05, 3.63) is 85.1 Å². The predicted molar refractivity (Wildman–Crippen MR) is 97.5 cm³/mol. The number of benzene rings is 2. The van der Waals surface area contributed by atoms with Crippen LogP contribution in [0, 0.1) is 5.82 Å². The molecule has 2 heterocycles. The molecule has 2 aromatic carbocycles. The first-order valence-corrected chi connectivity index (χ1v) is 8.12. The Morgan fingerprint density at radius 2 is 1.77 bits per heavy atom. The zero-order valence-electron chi connectivity index (χ0n) is 13.8. The van der Waals surface area contributed by atoms with E-state index in [9.17, 15) is 9.18 Å². The number of pyridine rings is 1. The van der Waals surface area contributed by atoms with Gasteiger partial charge in [0, 0.05) is 11.9 Å². The normalized spacial score (nSPS) is 10.8. The summed E-state index contributed by atoms with van der Waals surface area (Å²) < 4.78 is 15.4. The molecule has 0 N–H and O–H groups in total. The zero-order valence-corrected chi connectivity index (χ0v) is 13.8. The number of imidazole rings is 1. The SMILES string of the molecule is O=C(Cn1cnc2cccnc21)N(c1ccccc1)c1cccc(F)c1. The summed E-state index contributed by atoms with van der Waals surface area (Å²) in [5, 5.41) is 0. The minimum Gasteiger partial charge on any atom is -0.306 e. The highest BCUT2D eigenvalue weighted by atomic mass is 19.1.